The fourth-order valence-corrected chi connectivity index (χ4v) is 3.57. The number of nitrogens with one attached hydrogen (secondary N) is 2. The largest absolute Gasteiger partial charge is 0.486 e. The van der Waals surface area contributed by atoms with E-state index in [2.05, 4.69) is 46.8 Å². The van der Waals surface area contributed by atoms with Crippen molar-refractivity contribution in [3.63, 3.8) is 0 Å². The summed E-state index contributed by atoms with van der Waals surface area (Å²) in [5, 5.41) is 9.99. The summed E-state index contributed by atoms with van der Waals surface area (Å²) in [6.45, 7) is 9.05. The van der Waals surface area contributed by atoms with Crippen LogP contribution in [0.5, 0.6) is 11.5 Å². The SMILES string of the molecule is CCNC(=NCC1COc2ccccc2O1)NCCc1csc(C(C)C)n1. The first kappa shape index (κ1) is 19.5. The third-order valence-corrected chi connectivity index (χ3v) is 5.30. The average molecular weight is 389 g/mol. The molecule has 1 aliphatic heterocycles. The van der Waals surface area contributed by atoms with Crippen LogP contribution in [-0.4, -0.2) is 43.3 Å². The van der Waals surface area contributed by atoms with Gasteiger partial charge in [0.2, 0.25) is 0 Å². The highest BCUT2D eigenvalue weighted by Crippen LogP contribution is 2.30. The summed E-state index contributed by atoms with van der Waals surface area (Å²) in [7, 11) is 0. The summed E-state index contributed by atoms with van der Waals surface area (Å²) in [4.78, 5) is 9.32. The number of ether oxygens (including phenoxy) is 2. The van der Waals surface area contributed by atoms with Crippen LogP contribution in [0, 0.1) is 0 Å². The first-order valence-electron chi connectivity index (χ1n) is 9.50. The van der Waals surface area contributed by atoms with Crippen molar-refractivity contribution < 1.29 is 9.47 Å². The zero-order valence-corrected chi connectivity index (χ0v) is 17.0. The Morgan fingerprint density at radius 3 is 2.85 bits per heavy atom. The van der Waals surface area contributed by atoms with Crippen LogP contribution in [0.2, 0.25) is 0 Å². The van der Waals surface area contributed by atoms with Crippen molar-refractivity contribution in [2.45, 2.75) is 39.2 Å². The molecule has 6 nitrogen and oxygen atoms in total. The molecule has 1 aromatic carbocycles. The zero-order valence-electron chi connectivity index (χ0n) is 16.2. The predicted molar refractivity (Wildman–Crippen MR) is 110 cm³/mol. The molecule has 0 radical (unpaired) electrons. The summed E-state index contributed by atoms with van der Waals surface area (Å²) >= 11 is 1.74. The highest BCUT2D eigenvalue weighted by Gasteiger charge is 2.20. The lowest BCUT2D eigenvalue weighted by Crippen LogP contribution is -2.40. The molecule has 27 heavy (non-hydrogen) atoms. The van der Waals surface area contributed by atoms with Gasteiger partial charge in [-0.15, -0.1) is 11.3 Å². The Balaban J connectivity index is 1.49. The van der Waals surface area contributed by atoms with Crippen LogP contribution in [0.25, 0.3) is 0 Å². The Labute approximate surface area is 165 Å². The molecule has 3 rings (SSSR count). The molecule has 2 aromatic rings. The summed E-state index contributed by atoms with van der Waals surface area (Å²) in [5.74, 6) is 2.86. The third-order valence-electron chi connectivity index (χ3n) is 4.10. The minimum Gasteiger partial charge on any atom is -0.486 e. The first-order chi connectivity index (χ1) is 13.2. The number of hydrogen-bond acceptors (Lipinski definition) is 5. The Kier molecular flexibility index (Phi) is 6.92. The van der Waals surface area contributed by atoms with E-state index in [1.54, 1.807) is 11.3 Å². The van der Waals surface area contributed by atoms with Crippen LogP contribution in [0.15, 0.2) is 34.6 Å². The second-order valence-electron chi connectivity index (χ2n) is 6.73. The first-order valence-corrected chi connectivity index (χ1v) is 10.4. The summed E-state index contributed by atoms with van der Waals surface area (Å²) in [6, 6.07) is 7.74. The second-order valence-corrected chi connectivity index (χ2v) is 7.62. The molecule has 1 aliphatic rings. The van der Waals surface area contributed by atoms with Gasteiger partial charge in [0, 0.05) is 30.8 Å². The maximum Gasteiger partial charge on any atom is 0.191 e. The standard InChI is InChI=1S/C20H28N4O2S/c1-4-21-20(22-10-9-15-13-27-19(24-15)14(2)3)23-11-16-12-25-17-7-5-6-8-18(17)26-16/h5-8,13-14,16H,4,9-12H2,1-3H3,(H2,21,22,23). The highest BCUT2D eigenvalue weighted by molar-refractivity contribution is 7.09. The topological polar surface area (TPSA) is 67.8 Å². The van der Waals surface area contributed by atoms with Gasteiger partial charge in [0.25, 0.3) is 0 Å². The molecule has 0 fully saturated rings. The van der Waals surface area contributed by atoms with Crippen LogP contribution >= 0.6 is 11.3 Å². The molecule has 2 N–H and O–H groups in total. The summed E-state index contributed by atoms with van der Waals surface area (Å²) < 4.78 is 11.7. The third kappa shape index (κ3) is 5.60. The van der Waals surface area contributed by atoms with Crippen LogP contribution < -0.4 is 20.1 Å². The van der Waals surface area contributed by atoms with E-state index in [9.17, 15) is 0 Å². The Hall–Kier alpha value is -2.28. The zero-order chi connectivity index (χ0) is 19.1. The Bertz CT molecular complexity index is 760. The van der Waals surface area contributed by atoms with Crippen molar-refractivity contribution in [2.24, 2.45) is 4.99 Å². The monoisotopic (exact) mass is 388 g/mol. The smallest absolute Gasteiger partial charge is 0.191 e. The van der Waals surface area contributed by atoms with Gasteiger partial charge in [-0.05, 0) is 19.1 Å². The predicted octanol–water partition coefficient (Wildman–Crippen LogP) is 3.20. The lowest BCUT2D eigenvalue weighted by Gasteiger charge is -2.25. The minimum absolute atomic E-state index is 0.0810. The molecule has 0 saturated heterocycles. The second kappa shape index (κ2) is 9.60. The van der Waals surface area contributed by atoms with Crippen LogP contribution in [0.3, 0.4) is 0 Å². The fourth-order valence-electron chi connectivity index (χ4n) is 2.70. The van der Waals surface area contributed by atoms with Crippen molar-refractivity contribution in [3.05, 3.63) is 40.3 Å². The van der Waals surface area contributed by atoms with E-state index in [0.29, 0.717) is 19.1 Å². The van der Waals surface area contributed by atoms with Crippen molar-refractivity contribution in [2.75, 3.05) is 26.2 Å². The molecule has 0 bridgehead atoms. The van der Waals surface area contributed by atoms with Gasteiger partial charge < -0.3 is 20.1 Å². The molecule has 0 aliphatic carbocycles. The van der Waals surface area contributed by atoms with Gasteiger partial charge in [0.05, 0.1) is 17.2 Å². The van der Waals surface area contributed by atoms with Gasteiger partial charge in [-0.25, -0.2) is 9.98 Å². The number of hydrogen-bond donors (Lipinski definition) is 2. The molecule has 7 heteroatoms. The quantitative estimate of drug-likeness (QED) is 0.563. The molecule has 2 heterocycles. The number of aliphatic imine (C=N–C) groups is 1. The number of aromatic nitrogens is 1. The van der Waals surface area contributed by atoms with Gasteiger partial charge in [-0.3, -0.25) is 0 Å². The van der Waals surface area contributed by atoms with Crippen LogP contribution in [0.1, 0.15) is 37.4 Å². The van der Waals surface area contributed by atoms with Gasteiger partial charge >= 0.3 is 0 Å². The number of rotatable bonds is 7. The van der Waals surface area contributed by atoms with E-state index < -0.39 is 0 Å². The molecule has 0 saturated carbocycles. The number of guanidine groups is 1. The average Bonchev–Trinajstić information content (AvgIpc) is 3.15. The summed E-state index contributed by atoms with van der Waals surface area (Å²) in [5.41, 5.74) is 1.13. The number of para-hydroxylation sites is 2. The molecule has 0 spiro atoms. The van der Waals surface area contributed by atoms with Crippen LogP contribution in [0.4, 0.5) is 0 Å². The Morgan fingerprint density at radius 1 is 1.30 bits per heavy atom. The number of thiazole rings is 1. The van der Waals surface area contributed by atoms with E-state index in [-0.39, 0.29) is 6.10 Å². The molecule has 146 valence electrons. The van der Waals surface area contributed by atoms with E-state index in [4.69, 9.17) is 9.47 Å². The lowest BCUT2D eigenvalue weighted by molar-refractivity contribution is 0.0971. The van der Waals surface area contributed by atoms with Crippen molar-refractivity contribution >= 4 is 17.3 Å². The maximum atomic E-state index is 5.96. The number of benzene rings is 1. The van der Waals surface area contributed by atoms with E-state index in [0.717, 1.165) is 42.7 Å². The molecule has 1 unspecified atom stereocenters. The maximum absolute atomic E-state index is 5.96. The fraction of sp³-hybridized carbons (Fsp3) is 0.500. The molecule has 0 amide bonds. The van der Waals surface area contributed by atoms with Gasteiger partial charge in [-0.1, -0.05) is 26.0 Å². The summed E-state index contributed by atoms with van der Waals surface area (Å²) in [6.07, 6.45) is 0.798. The number of nitrogens with zero attached hydrogens (tertiary/aromatic N) is 2. The highest BCUT2D eigenvalue weighted by atomic mass is 32.1. The van der Waals surface area contributed by atoms with Crippen molar-refractivity contribution in [1.82, 2.24) is 15.6 Å². The molecule has 1 atom stereocenters. The van der Waals surface area contributed by atoms with E-state index in [1.807, 2.05) is 24.3 Å². The normalized spacial score (nSPS) is 16.4. The molecular formula is C20H28N4O2S. The van der Waals surface area contributed by atoms with Crippen molar-refractivity contribution in [3.8, 4) is 11.5 Å². The molecular weight excluding hydrogens is 360 g/mol. The lowest BCUT2D eigenvalue weighted by atomic mass is 10.2. The van der Waals surface area contributed by atoms with Gasteiger partial charge in [0.1, 0.15) is 6.61 Å². The van der Waals surface area contributed by atoms with Gasteiger partial charge in [0.15, 0.2) is 23.6 Å². The Morgan fingerprint density at radius 2 is 2.11 bits per heavy atom. The van der Waals surface area contributed by atoms with Gasteiger partial charge in [-0.2, -0.15) is 0 Å². The van der Waals surface area contributed by atoms with E-state index >= 15 is 0 Å². The minimum atomic E-state index is -0.0810. The number of fused-ring (bicyclic) bond motifs is 1. The molecule has 1 aromatic heterocycles. The van der Waals surface area contributed by atoms with Crippen molar-refractivity contribution in [1.29, 1.82) is 0 Å². The van der Waals surface area contributed by atoms with E-state index in [1.165, 1.54) is 5.01 Å². The van der Waals surface area contributed by atoms with Crippen LogP contribution in [-0.2, 0) is 6.42 Å².